The molecule has 1 amide bonds. The maximum atomic E-state index is 13.0. The van der Waals surface area contributed by atoms with Gasteiger partial charge in [-0.3, -0.25) is 9.59 Å². The van der Waals surface area contributed by atoms with Crippen molar-refractivity contribution in [1.82, 2.24) is 4.57 Å². The summed E-state index contributed by atoms with van der Waals surface area (Å²) in [6.45, 7) is 6.38. The highest BCUT2D eigenvalue weighted by atomic mass is 35.5. The van der Waals surface area contributed by atoms with Gasteiger partial charge in [-0.2, -0.15) is 0 Å². The van der Waals surface area contributed by atoms with Gasteiger partial charge in [0.25, 0.3) is 5.91 Å². The van der Waals surface area contributed by atoms with Crippen molar-refractivity contribution in [3.05, 3.63) is 68.5 Å². The van der Waals surface area contributed by atoms with E-state index in [2.05, 4.69) is 5.32 Å². The molecule has 138 valence electrons. The molecule has 2 aromatic carbocycles. The van der Waals surface area contributed by atoms with Crippen LogP contribution >= 0.6 is 11.6 Å². The van der Waals surface area contributed by atoms with E-state index in [4.69, 9.17) is 16.3 Å². The molecule has 1 aliphatic heterocycles. The van der Waals surface area contributed by atoms with Crippen molar-refractivity contribution >= 4 is 34.1 Å². The van der Waals surface area contributed by atoms with Crippen LogP contribution in [0.3, 0.4) is 0 Å². The molecule has 4 rings (SSSR count). The summed E-state index contributed by atoms with van der Waals surface area (Å²) in [7, 11) is 0. The molecule has 1 atom stereocenters. The molecular formula is C21H19ClN2O3. The lowest BCUT2D eigenvalue weighted by Gasteiger charge is -2.26. The minimum Gasteiger partial charge on any atom is -0.487 e. The molecule has 0 spiro atoms. The van der Waals surface area contributed by atoms with Crippen LogP contribution < -0.4 is 15.5 Å². The van der Waals surface area contributed by atoms with Crippen LogP contribution in [0, 0.1) is 13.8 Å². The zero-order valence-electron chi connectivity index (χ0n) is 15.3. The number of carbonyl (C=O) groups excluding carboxylic acids is 1. The van der Waals surface area contributed by atoms with Gasteiger partial charge in [0.15, 0.2) is 0 Å². The van der Waals surface area contributed by atoms with Gasteiger partial charge >= 0.3 is 0 Å². The highest BCUT2D eigenvalue weighted by molar-refractivity contribution is 6.35. The van der Waals surface area contributed by atoms with Crippen LogP contribution in [0.4, 0.5) is 5.69 Å². The van der Waals surface area contributed by atoms with Crippen LogP contribution in [0.5, 0.6) is 5.75 Å². The number of nitrogens with one attached hydrogen (secondary N) is 1. The van der Waals surface area contributed by atoms with Crippen LogP contribution in [0.1, 0.15) is 28.4 Å². The Kier molecular flexibility index (Phi) is 4.19. The summed E-state index contributed by atoms with van der Waals surface area (Å²) in [5.41, 5.74) is 3.03. The van der Waals surface area contributed by atoms with Crippen molar-refractivity contribution in [3.8, 4) is 5.75 Å². The molecule has 5 nitrogen and oxygen atoms in total. The minimum absolute atomic E-state index is 0.0654. The Bertz CT molecular complexity index is 1150. The van der Waals surface area contributed by atoms with Crippen molar-refractivity contribution < 1.29 is 9.53 Å². The Hall–Kier alpha value is -2.79. The van der Waals surface area contributed by atoms with Gasteiger partial charge in [-0.05, 0) is 44.5 Å². The Labute approximate surface area is 161 Å². The van der Waals surface area contributed by atoms with E-state index >= 15 is 0 Å². The smallest absolute Gasteiger partial charge is 0.261 e. The fourth-order valence-electron chi connectivity index (χ4n) is 3.54. The Morgan fingerprint density at radius 3 is 2.78 bits per heavy atom. The zero-order valence-corrected chi connectivity index (χ0v) is 16.1. The fraction of sp³-hybridized carbons (Fsp3) is 0.238. The highest BCUT2D eigenvalue weighted by Crippen LogP contribution is 2.33. The van der Waals surface area contributed by atoms with Crippen molar-refractivity contribution in [3.63, 3.8) is 0 Å². The second-order valence-electron chi connectivity index (χ2n) is 6.99. The van der Waals surface area contributed by atoms with E-state index in [-0.39, 0.29) is 11.7 Å². The Morgan fingerprint density at radius 1 is 1.26 bits per heavy atom. The standard InChI is InChI=1S/C21H19ClN2O3/c1-11-4-6-16(12(2)8-11)23-21(26)14-10-24-9-13(3)27-17-7-5-15(22)18(19(17)24)20(14)25/h4-8,10,13H,9H2,1-3H3,(H,23,26). The molecule has 0 fully saturated rings. The molecule has 27 heavy (non-hydrogen) atoms. The molecule has 0 radical (unpaired) electrons. The first kappa shape index (κ1) is 17.6. The van der Waals surface area contributed by atoms with Crippen molar-refractivity contribution in [1.29, 1.82) is 0 Å². The number of benzene rings is 2. The van der Waals surface area contributed by atoms with Gasteiger partial charge < -0.3 is 14.6 Å². The summed E-state index contributed by atoms with van der Waals surface area (Å²) in [5.74, 6) is 0.157. The average molecular weight is 383 g/mol. The van der Waals surface area contributed by atoms with E-state index in [0.29, 0.717) is 33.9 Å². The maximum absolute atomic E-state index is 13.0. The molecule has 1 aromatic heterocycles. The van der Waals surface area contributed by atoms with E-state index in [0.717, 1.165) is 11.1 Å². The summed E-state index contributed by atoms with van der Waals surface area (Å²) in [6, 6.07) is 9.13. The topological polar surface area (TPSA) is 60.3 Å². The molecule has 3 aromatic rings. The highest BCUT2D eigenvalue weighted by Gasteiger charge is 2.24. The number of carbonyl (C=O) groups is 1. The number of halogens is 1. The Balaban J connectivity index is 1.85. The van der Waals surface area contributed by atoms with Crippen LogP contribution in [0.15, 0.2) is 41.3 Å². The minimum atomic E-state index is -0.446. The number of hydrogen-bond acceptors (Lipinski definition) is 3. The summed E-state index contributed by atoms with van der Waals surface area (Å²) < 4.78 is 7.70. The van der Waals surface area contributed by atoms with E-state index in [9.17, 15) is 9.59 Å². The lowest BCUT2D eigenvalue weighted by molar-refractivity contribution is 0.102. The molecule has 1 aliphatic rings. The van der Waals surface area contributed by atoms with Crippen LogP contribution in [-0.2, 0) is 6.54 Å². The fourth-order valence-corrected chi connectivity index (χ4v) is 3.78. The van der Waals surface area contributed by atoms with Crippen LogP contribution in [0.25, 0.3) is 10.9 Å². The molecule has 6 heteroatoms. The van der Waals surface area contributed by atoms with E-state index in [1.165, 1.54) is 0 Å². The van der Waals surface area contributed by atoms with E-state index in [1.807, 2.05) is 43.5 Å². The third-order valence-electron chi connectivity index (χ3n) is 4.79. The molecule has 2 heterocycles. The first-order valence-corrected chi connectivity index (χ1v) is 9.14. The maximum Gasteiger partial charge on any atom is 0.261 e. The van der Waals surface area contributed by atoms with Gasteiger partial charge in [0.05, 0.1) is 22.5 Å². The van der Waals surface area contributed by atoms with Crippen LogP contribution in [0.2, 0.25) is 5.02 Å². The molecule has 0 aliphatic carbocycles. The Morgan fingerprint density at radius 2 is 2.04 bits per heavy atom. The quantitative estimate of drug-likeness (QED) is 0.718. The number of amides is 1. The largest absolute Gasteiger partial charge is 0.487 e. The van der Waals surface area contributed by atoms with Gasteiger partial charge in [0, 0.05) is 11.9 Å². The monoisotopic (exact) mass is 382 g/mol. The lowest BCUT2D eigenvalue weighted by atomic mass is 10.1. The number of aryl methyl sites for hydroxylation is 2. The number of anilines is 1. The van der Waals surface area contributed by atoms with E-state index in [1.54, 1.807) is 18.3 Å². The van der Waals surface area contributed by atoms with Crippen molar-refractivity contribution in [2.75, 3.05) is 5.32 Å². The first-order valence-electron chi connectivity index (χ1n) is 8.76. The van der Waals surface area contributed by atoms with Crippen molar-refractivity contribution in [2.45, 2.75) is 33.4 Å². The molecular weight excluding hydrogens is 364 g/mol. The van der Waals surface area contributed by atoms with Crippen LogP contribution in [-0.4, -0.2) is 16.6 Å². The van der Waals surface area contributed by atoms with Gasteiger partial charge in [-0.1, -0.05) is 29.3 Å². The number of ether oxygens (including phenoxy) is 1. The third-order valence-corrected chi connectivity index (χ3v) is 5.11. The third kappa shape index (κ3) is 2.98. The predicted octanol–water partition coefficient (Wildman–Crippen LogP) is 4.30. The summed E-state index contributed by atoms with van der Waals surface area (Å²) in [4.78, 5) is 25.9. The van der Waals surface area contributed by atoms with Gasteiger partial charge in [0.2, 0.25) is 5.43 Å². The number of nitrogens with zero attached hydrogens (tertiary/aromatic N) is 1. The zero-order chi connectivity index (χ0) is 19.3. The summed E-state index contributed by atoms with van der Waals surface area (Å²) in [6.07, 6.45) is 1.53. The number of aromatic nitrogens is 1. The number of pyridine rings is 1. The summed E-state index contributed by atoms with van der Waals surface area (Å²) >= 11 is 6.30. The van der Waals surface area contributed by atoms with Gasteiger partial charge in [0.1, 0.15) is 17.4 Å². The van der Waals surface area contributed by atoms with E-state index < -0.39 is 11.3 Å². The predicted molar refractivity (Wildman–Crippen MR) is 107 cm³/mol. The molecule has 0 saturated carbocycles. The molecule has 0 saturated heterocycles. The normalized spacial score (nSPS) is 15.5. The number of hydrogen-bond donors (Lipinski definition) is 1. The molecule has 0 bridgehead atoms. The molecule has 1 unspecified atom stereocenters. The van der Waals surface area contributed by atoms with Crippen molar-refractivity contribution in [2.24, 2.45) is 0 Å². The summed E-state index contributed by atoms with van der Waals surface area (Å²) in [5, 5.41) is 3.47. The second-order valence-corrected chi connectivity index (χ2v) is 7.40. The lowest BCUT2D eigenvalue weighted by Crippen LogP contribution is -2.30. The average Bonchev–Trinajstić information content (AvgIpc) is 2.61. The number of rotatable bonds is 2. The SMILES string of the molecule is Cc1ccc(NC(=O)c2cn3c4c(ccc(Cl)c4c2=O)OC(C)C3)c(C)c1. The molecule has 1 N–H and O–H groups in total. The second kappa shape index (κ2) is 6.43. The van der Waals surface area contributed by atoms with Gasteiger partial charge in [-0.15, -0.1) is 0 Å². The van der Waals surface area contributed by atoms with Gasteiger partial charge in [-0.25, -0.2) is 0 Å². The first-order chi connectivity index (χ1) is 12.8.